The van der Waals surface area contributed by atoms with E-state index in [1.807, 2.05) is 6.92 Å². The maximum absolute atomic E-state index is 13.7. The molecule has 1 unspecified atom stereocenters. The molecule has 0 radical (unpaired) electrons. The van der Waals surface area contributed by atoms with Gasteiger partial charge in [0.1, 0.15) is 11.9 Å². The Balaban J connectivity index is 2.15. The summed E-state index contributed by atoms with van der Waals surface area (Å²) in [7, 11) is 0. The van der Waals surface area contributed by atoms with E-state index in [1.165, 1.54) is 0 Å². The molecule has 1 heterocycles. The van der Waals surface area contributed by atoms with Gasteiger partial charge in [0.05, 0.1) is 0 Å². The summed E-state index contributed by atoms with van der Waals surface area (Å²) in [5.74, 6) is -3.26. The number of carbonyl (C=O) groups is 1. The summed E-state index contributed by atoms with van der Waals surface area (Å²) in [6.07, 6.45) is 0. The Labute approximate surface area is 121 Å². The first kappa shape index (κ1) is 15.8. The molecular formula is C14H18F3N3O. The third-order valence-electron chi connectivity index (χ3n) is 3.47. The zero-order valence-corrected chi connectivity index (χ0v) is 11.8. The Bertz CT molecular complexity index is 524. The molecule has 4 nitrogen and oxygen atoms in total. The van der Waals surface area contributed by atoms with Crippen LogP contribution in [-0.2, 0) is 11.3 Å². The van der Waals surface area contributed by atoms with Gasteiger partial charge < -0.3 is 10.6 Å². The minimum Gasteiger partial charge on any atom is -0.355 e. The Hall–Kier alpha value is -1.60. The smallest absolute Gasteiger partial charge is 0.238 e. The second-order valence-corrected chi connectivity index (χ2v) is 4.94. The summed E-state index contributed by atoms with van der Waals surface area (Å²) in [5, 5.41) is 5.81. The number of amides is 1. The van der Waals surface area contributed by atoms with Crippen LogP contribution in [0.5, 0.6) is 0 Å². The van der Waals surface area contributed by atoms with Crippen LogP contribution in [0.3, 0.4) is 0 Å². The molecule has 7 heteroatoms. The number of rotatable bonds is 4. The molecule has 0 bridgehead atoms. The highest BCUT2D eigenvalue weighted by Gasteiger charge is 2.29. The Morgan fingerprint density at radius 1 is 1.33 bits per heavy atom. The molecular weight excluding hydrogens is 283 g/mol. The molecule has 0 aliphatic carbocycles. The number of hydrogen-bond acceptors (Lipinski definition) is 3. The van der Waals surface area contributed by atoms with E-state index in [2.05, 4.69) is 10.6 Å². The lowest BCUT2D eigenvalue weighted by molar-refractivity contribution is -0.127. The van der Waals surface area contributed by atoms with Crippen molar-refractivity contribution >= 4 is 5.91 Å². The van der Waals surface area contributed by atoms with Gasteiger partial charge in [-0.2, -0.15) is 0 Å². The fraction of sp³-hybridized carbons (Fsp3) is 0.500. The van der Waals surface area contributed by atoms with E-state index in [-0.39, 0.29) is 18.0 Å². The highest BCUT2D eigenvalue weighted by molar-refractivity contribution is 5.82. The van der Waals surface area contributed by atoms with Crippen molar-refractivity contribution in [2.75, 3.05) is 26.2 Å². The van der Waals surface area contributed by atoms with Crippen molar-refractivity contribution in [3.63, 3.8) is 0 Å². The molecule has 1 aromatic carbocycles. The molecule has 21 heavy (non-hydrogen) atoms. The average molecular weight is 301 g/mol. The first-order valence-electron chi connectivity index (χ1n) is 6.88. The van der Waals surface area contributed by atoms with E-state index in [9.17, 15) is 18.0 Å². The molecule has 116 valence electrons. The molecule has 0 saturated carbocycles. The zero-order chi connectivity index (χ0) is 15.4. The van der Waals surface area contributed by atoms with Gasteiger partial charge in [0.25, 0.3) is 0 Å². The summed E-state index contributed by atoms with van der Waals surface area (Å²) < 4.78 is 39.9. The van der Waals surface area contributed by atoms with E-state index in [0.717, 1.165) is 6.07 Å². The van der Waals surface area contributed by atoms with Crippen molar-refractivity contribution in [3.05, 3.63) is 35.1 Å². The fourth-order valence-electron chi connectivity index (χ4n) is 2.39. The number of hydrogen-bond donors (Lipinski definition) is 2. The lowest BCUT2D eigenvalue weighted by Gasteiger charge is -2.35. The van der Waals surface area contributed by atoms with Crippen LogP contribution in [0.15, 0.2) is 12.1 Å². The molecule has 0 spiro atoms. The van der Waals surface area contributed by atoms with Crippen molar-refractivity contribution < 1.29 is 18.0 Å². The number of nitrogens with one attached hydrogen (secondary N) is 2. The van der Waals surface area contributed by atoms with Crippen molar-refractivity contribution in [2.24, 2.45) is 0 Å². The Morgan fingerprint density at radius 2 is 2.05 bits per heavy atom. The normalized spacial score (nSPS) is 19.5. The largest absolute Gasteiger partial charge is 0.355 e. The van der Waals surface area contributed by atoms with Gasteiger partial charge in [-0.25, -0.2) is 13.2 Å². The third kappa shape index (κ3) is 3.74. The van der Waals surface area contributed by atoms with Gasteiger partial charge in [-0.3, -0.25) is 9.69 Å². The third-order valence-corrected chi connectivity index (χ3v) is 3.47. The van der Waals surface area contributed by atoms with Crippen molar-refractivity contribution in [2.45, 2.75) is 19.5 Å². The van der Waals surface area contributed by atoms with E-state index in [0.29, 0.717) is 32.2 Å². The number of halogens is 3. The second-order valence-electron chi connectivity index (χ2n) is 4.94. The first-order chi connectivity index (χ1) is 10.0. The standard InChI is InChI=1S/C14H18F3N3O/c1-2-19-14(21)13-7-18-3-4-20(13)8-9-5-11(16)12(17)6-10(9)15/h5-6,13,18H,2-4,7-8H2,1H3,(H,19,21). The summed E-state index contributed by atoms with van der Waals surface area (Å²) >= 11 is 0. The molecule has 1 aliphatic heterocycles. The van der Waals surface area contributed by atoms with E-state index in [4.69, 9.17) is 0 Å². The van der Waals surface area contributed by atoms with Crippen LogP contribution < -0.4 is 10.6 Å². The number of benzene rings is 1. The van der Waals surface area contributed by atoms with Gasteiger partial charge in [-0.15, -0.1) is 0 Å². The van der Waals surface area contributed by atoms with Crippen LogP contribution in [0.4, 0.5) is 13.2 Å². The molecule has 2 rings (SSSR count). The predicted octanol–water partition coefficient (Wildman–Crippen LogP) is 1.01. The Kier molecular flexibility index (Phi) is 5.19. The molecule has 1 fully saturated rings. The molecule has 1 saturated heterocycles. The summed E-state index contributed by atoms with van der Waals surface area (Å²) in [5.41, 5.74) is 0.0464. The number of carbonyl (C=O) groups excluding carboxylic acids is 1. The number of piperazine rings is 1. The van der Waals surface area contributed by atoms with Crippen LogP contribution in [-0.4, -0.2) is 43.0 Å². The van der Waals surface area contributed by atoms with Crippen LogP contribution in [0.1, 0.15) is 12.5 Å². The molecule has 1 amide bonds. The molecule has 1 aromatic rings. The second kappa shape index (κ2) is 6.91. The summed E-state index contributed by atoms with van der Waals surface area (Å²) in [6.45, 7) is 4.00. The summed E-state index contributed by atoms with van der Waals surface area (Å²) in [6, 6.07) is 0.932. The van der Waals surface area contributed by atoms with Gasteiger partial charge in [-0.05, 0) is 13.0 Å². The minimum absolute atomic E-state index is 0.0464. The van der Waals surface area contributed by atoms with Gasteiger partial charge >= 0.3 is 0 Å². The maximum Gasteiger partial charge on any atom is 0.238 e. The van der Waals surface area contributed by atoms with E-state index < -0.39 is 23.5 Å². The van der Waals surface area contributed by atoms with Crippen LogP contribution in [0.2, 0.25) is 0 Å². The lowest BCUT2D eigenvalue weighted by atomic mass is 10.1. The van der Waals surface area contributed by atoms with Crippen LogP contribution in [0.25, 0.3) is 0 Å². The van der Waals surface area contributed by atoms with Gasteiger partial charge in [0.15, 0.2) is 11.6 Å². The predicted molar refractivity (Wildman–Crippen MR) is 72.1 cm³/mol. The highest BCUT2D eigenvalue weighted by Crippen LogP contribution is 2.17. The van der Waals surface area contributed by atoms with Gasteiger partial charge in [-0.1, -0.05) is 0 Å². The molecule has 1 atom stereocenters. The maximum atomic E-state index is 13.7. The first-order valence-corrected chi connectivity index (χ1v) is 6.88. The SMILES string of the molecule is CCNC(=O)C1CNCCN1Cc1cc(F)c(F)cc1F. The van der Waals surface area contributed by atoms with Crippen LogP contribution in [0, 0.1) is 17.5 Å². The van der Waals surface area contributed by atoms with Crippen LogP contribution >= 0.6 is 0 Å². The van der Waals surface area contributed by atoms with Gasteiger partial charge in [0, 0.05) is 44.4 Å². The molecule has 2 N–H and O–H groups in total. The molecule has 1 aliphatic rings. The minimum atomic E-state index is -1.21. The van der Waals surface area contributed by atoms with E-state index in [1.54, 1.807) is 4.90 Å². The quantitative estimate of drug-likeness (QED) is 0.816. The van der Waals surface area contributed by atoms with Gasteiger partial charge in [0.2, 0.25) is 5.91 Å². The number of nitrogens with zero attached hydrogens (tertiary/aromatic N) is 1. The fourth-order valence-corrected chi connectivity index (χ4v) is 2.39. The van der Waals surface area contributed by atoms with Crippen molar-refractivity contribution in [1.29, 1.82) is 0 Å². The van der Waals surface area contributed by atoms with E-state index >= 15 is 0 Å². The van der Waals surface area contributed by atoms with Crippen molar-refractivity contribution in [1.82, 2.24) is 15.5 Å². The summed E-state index contributed by atoms with van der Waals surface area (Å²) in [4.78, 5) is 13.7. The topological polar surface area (TPSA) is 44.4 Å². The highest BCUT2D eigenvalue weighted by atomic mass is 19.2. The lowest BCUT2D eigenvalue weighted by Crippen LogP contribution is -2.57. The monoisotopic (exact) mass is 301 g/mol. The van der Waals surface area contributed by atoms with Crippen molar-refractivity contribution in [3.8, 4) is 0 Å². The molecule has 0 aromatic heterocycles. The number of likely N-dealkylation sites (N-methyl/N-ethyl adjacent to an activating group) is 1. The Morgan fingerprint density at radius 3 is 2.76 bits per heavy atom. The zero-order valence-electron chi connectivity index (χ0n) is 11.8. The average Bonchev–Trinajstić information content (AvgIpc) is 2.45.